The summed E-state index contributed by atoms with van der Waals surface area (Å²) in [4.78, 5) is 27.9. The zero-order valence-electron chi connectivity index (χ0n) is 12.8. The second-order valence-corrected chi connectivity index (χ2v) is 5.47. The normalized spacial score (nSPS) is 11.6. The van der Waals surface area contributed by atoms with E-state index in [1.807, 2.05) is 19.1 Å². The number of hydrogen-bond acceptors (Lipinski definition) is 3. The van der Waals surface area contributed by atoms with E-state index in [-0.39, 0.29) is 30.8 Å². The van der Waals surface area contributed by atoms with Gasteiger partial charge in [0.1, 0.15) is 0 Å². The summed E-state index contributed by atoms with van der Waals surface area (Å²) in [6.07, 6.45) is 3.59. The maximum absolute atomic E-state index is 12.0. The lowest BCUT2D eigenvalue weighted by Gasteiger charge is -2.14. The Hall–Kier alpha value is -2.40. The molecule has 2 rings (SSSR count). The summed E-state index contributed by atoms with van der Waals surface area (Å²) < 4.78 is 0. The van der Waals surface area contributed by atoms with Crippen LogP contribution in [0.15, 0.2) is 48.8 Å². The molecule has 0 aliphatic rings. The van der Waals surface area contributed by atoms with Gasteiger partial charge in [0.2, 0.25) is 5.91 Å². The first-order chi connectivity index (χ1) is 11.1. The molecule has 2 N–H and O–H groups in total. The summed E-state index contributed by atoms with van der Waals surface area (Å²) in [6, 6.07) is 10.4. The van der Waals surface area contributed by atoms with E-state index in [1.54, 1.807) is 36.7 Å². The lowest BCUT2D eigenvalue weighted by atomic mass is 10.1. The molecule has 0 fully saturated rings. The number of nitrogens with zero attached hydrogens (tertiary/aromatic N) is 1. The zero-order valence-corrected chi connectivity index (χ0v) is 13.5. The first kappa shape index (κ1) is 17.0. The molecule has 1 aromatic carbocycles. The van der Waals surface area contributed by atoms with E-state index in [9.17, 15) is 9.59 Å². The third-order valence-corrected chi connectivity index (χ3v) is 3.65. The Morgan fingerprint density at radius 2 is 2.00 bits per heavy atom. The predicted molar refractivity (Wildman–Crippen MR) is 89.2 cm³/mol. The Morgan fingerprint density at radius 1 is 1.22 bits per heavy atom. The molecule has 1 atom stereocenters. The Morgan fingerprint density at radius 3 is 2.70 bits per heavy atom. The maximum atomic E-state index is 12.0. The average molecular weight is 332 g/mol. The van der Waals surface area contributed by atoms with Crippen molar-refractivity contribution in [1.29, 1.82) is 0 Å². The number of aromatic nitrogens is 1. The van der Waals surface area contributed by atoms with Gasteiger partial charge in [0.05, 0.1) is 16.6 Å². The minimum Gasteiger partial charge on any atom is -0.351 e. The van der Waals surface area contributed by atoms with Crippen molar-refractivity contribution >= 4 is 23.4 Å². The first-order valence-electron chi connectivity index (χ1n) is 7.30. The quantitative estimate of drug-likeness (QED) is 0.855. The minimum atomic E-state index is -0.288. The number of hydrogen-bond donors (Lipinski definition) is 2. The SMILES string of the molecule is C[C@H](NC(=O)CCNC(=O)c1ccccc1Cl)c1cccnc1. The largest absolute Gasteiger partial charge is 0.351 e. The van der Waals surface area contributed by atoms with E-state index in [1.165, 1.54) is 0 Å². The second-order valence-electron chi connectivity index (χ2n) is 5.06. The van der Waals surface area contributed by atoms with Crippen LogP contribution in [0.3, 0.4) is 0 Å². The van der Waals surface area contributed by atoms with Gasteiger partial charge in [-0.1, -0.05) is 29.8 Å². The van der Waals surface area contributed by atoms with Crippen molar-refractivity contribution in [3.8, 4) is 0 Å². The van der Waals surface area contributed by atoms with E-state index in [0.717, 1.165) is 5.56 Å². The fourth-order valence-electron chi connectivity index (χ4n) is 2.06. The van der Waals surface area contributed by atoms with Gasteiger partial charge in [-0.25, -0.2) is 0 Å². The second kappa shape index (κ2) is 8.29. The van der Waals surface area contributed by atoms with Crippen LogP contribution < -0.4 is 10.6 Å². The summed E-state index contributed by atoms with van der Waals surface area (Å²) in [5.41, 5.74) is 1.33. The number of amides is 2. The highest BCUT2D eigenvalue weighted by Crippen LogP contribution is 2.14. The number of halogens is 1. The molecule has 0 aliphatic carbocycles. The molecule has 0 unspecified atom stereocenters. The Labute approximate surface area is 140 Å². The van der Waals surface area contributed by atoms with E-state index < -0.39 is 0 Å². The minimum absolute atomic E-state index is 0.129. The Balaban J connectivity index is 1.77. The predicted octanol–water partition coefficient (Wildman–Crippen LogP) is 2.73. The standard InChI is InChI=1S/C17H18ClN3O2/c1-12(13-5-4-9-19-11-13)21-16(22)8-10-20-17(23)14-6-2-3-7-15(14)18/h2-7,9,11-12H,8,10H2,1H3,(H,20,23)(H,21,22)/t12-/m0/s1. The monoisotopic (exact) mass is 331 g/mol. The van der Waals surface area contributed by atoms with Crippen LogP contribution in [-0.2, 0) is 4.79 Å². The molecule has 6 heteroatoms. The summed E-state index contributed by atoms with van der Waals surface area (Å²) >= 11 is 5.95. The topological polar surface area (TPSA) is 71.1 Å². The van der Waals surface area contributed by atoms with Gasteiger partial charge in [-0.05, 0) is 30.7 Å². The zero-order chi connectivity index (χ0) is 16.7. The fourth-order valence-corrected chi connectivity index (χ4v) is 2.28. The molecule has 2 amide bonds. The molecule has 0 saturated heterocycles. The number of carbonyl (C=O) groups excluding carboxylic acids is 2. The van der Waals surface area contributed by atoms with Gasteiger partial charge < -0.3 is 10.6 Å². The highest BCUT2D eigenvalue weighted by atomic mass is 35.5. The van der Waals surface area contributed by atoms with Crippen LogP contribution in [0.25, 0.3) is 0 Å². The average Bonchev–Trinajstić information content (AvgIpc) is 2.56. The van der Waals surface area contributed by atoms with Crippen LogP contribution in [0, 0.1) is 0 Å². The molecule has 0 spiro atoms. The molecule has 120 valence electrons. The van der Waals surface area contributed by atoms with Gasteiger partial charge in [-0.15, -0.1) is 0 Å². The molecular weight excluding hydrogens is 314 g/mol. The number of carbonyl (C=O) groups is 2. The van der Waals surface area contributed by atoms with Crippen LogP contribution in [0.2, 0.25) is 5.02 Å². The molecule has 1 aromatic heterocycles. The van der Waals surface area contributed by atoms with Crippen LogP contribution in [0.5, 0.6) is 0 Å². The van der Waals surface area contributed by atoms with Crippen molar-refractivity contribution in [2.75, 3.05) is 6.54 Å². The van der Waals surface area contributed by atoms with Crippen molar-refractivity contribution in [3.63, 3.8) is 0 Å². The van der Waals surface area contributed by atoms with Crippen molar-refractivity contribution in [1.82, 2.24) is 15.6 Å². The van der Waals surface area contributed by atoms with Crippen LogP contribution in [0.1, 0.15) is 35.3 Å². The lowest BCUT2D eigenvalue weighted by Crippen LogP contribution is -2.32. The highest BCUT2D eigenvalue weighted by Gasteiger charge is 2.12. The first-order valence-corrected chi connectivity index (χ1v) is 7.67. The fraction of sp³-hybridized carbons (Fsp3) is 0.235. The molecule has 0 radical (unpaired) electrons. The van der Waals surface area contributed by atoms with Crippen LogP contribution >= 0.6 is 11.6 Å². The third-order valence-electron chi connectivity index (χ3n) is 3.32. The molecule has 23 heavy (non-hydrogen) atoms. The number of pyridine rings is 1. The van der Waals surface area contributed by atoms with E-state index in [0.29, 0.717) is 10.6 Å². The molecule has 0 aliphatic heterocycles. The summed E-state index contributed by atoms with van der Waals surface area (Å²) in [6.45, 7) is 2.13. The van der Waals surface area contributed by atoms with Gasteiger partial charge in [-0.2, -0.15) is 0 Å². The molecule has 0 bridgehead atoms. The van der Waals surface area contributed by atoms with Gasteiger partial charge in [0.25, 0.3) is 5.91 Å². The summed E-state index contributed by atoms with van der Waals surface area (Å²) in [7, 11) is 0. The lowest BCUT2D eigenvalue weighted by molar-refractivity contribution is -0.121. The molecule has 1 heterocycles. The third kappa shape index (κ3) is 5.07. The molecule has 2 aromatic rings. The van der Waals surface area contributed by atoms with Crippen molar-refractivity contribution in [2.45, 2.75) is 19.4 Å². The Kier molecular flexibility index (Phi) is 6.11. The highest BCUT2D eigenvalue weighted by molar-refractivity contribution is 6.33. The van der Waals surface area contributed by atoms with Crippen LogP contribution in [-0.4, -0.2) is 23.3 Å². The number of rotatable bonds is 6. The number of benzene rings is 1. The van der Waals surface area contributed by atoms with Gasteiger partial charge in [0.15, 0.2) is 0 Å². The van der Waals surface area contributed by atoms with E-state index in [4.69, 9.17) is 11.6 Å². The molecule has 0 saturated carbocycles. The summed E-state index contributed by atoms with van der Waals surface area (Å²) in [5, 5.41) is 5.94. The van der Waals surface area contributed by atoms with E-state index >= 15 is 0 Å². The van der Waals surface area contributed by atoms with Crippen molar-refractivity contribution in [3.05, 3.63) is 64.9 Å². The van der Waals surface area contributed by atoms with Gasteiger partial charge in [0, 0.05) is 25.4 Å². The molecular formula is C17H18ClN3O2. The smallest absolute Gasteiger partial charge is 0.252 e. The maximum Gasteiger partial charge on any atom is 0.252 e. The van der Waals surface area contributed by atoms with Crippen LogP contribution in [0.4, 0.5) is 0 Å². The van der Waals surface area contributed by atoms with Crippen molar-refractivity contribution < 1.29 is 9.59 Å². The van der Waals surface area contributed by atoms with E-state index in [2.05, 4.69) is 15.6 Å². The number of nitrogens with one attached hydrogen (secondary N) is 2. The van der Waals surface area contributed by atoms with Crippen molar-refractivity contribution in [2.24, 2.45) is 0 Å². The van der Waals surface area contributed by atoms with Gasteiger partial charge in [-0.3, -0.25) is 14.6 Å². The molecule has 5 nitrogen and oxygen atoms in total. The van der Waals surface area contributed by atoms with Gasteiger partial charge >= 0.3 is 0 Å². The Bertz CT molecular complexity index is 677. The summed E-state index contributed by atoms with van der Waals surface area (Å²) in [5.74, 6) is -0.426.